The van der Waals surface area contributed by atoms with Gasteiger partial charge in [0.1, 0.15) is 11.6 Å². The van der Waals surface area contributed by atoms with Crippen LogP contribution in [0.5, 0.6) is 0 Å². The van der Waals surface area contributed by atoms with Crippen molar-refractivity contribution in [3.8, 4) is 11.1 Å². The highest BCUT2D eigenvalue weighted by Gasteiger charge is 2.18. The summed E-state index contributed by atoms with van der Waals surface area (Å²) < 4.78 is 4.05. The summed E-state index contributed by atoms with van der Waals surface area (Å²) in [7, 11) is 1.91. The van der Waals surface area contributed by atoms with E-state index in [1.807, 2.05) is 31.6 Å². The molecule has 9 heteroatoms. The molecule has 4 heterocycles. The lowest BCUT2D eigenvalue weighted by Gasteiger charge is -2.32. The zero-order valence-electron chi connectivity index (χ0n) is 18.5. The van der Waals surface area contributed by atoms with E-state index in [2.05, 4.69) is 70.3 Å². The van der Waals surface area contributed by atoms with Crippen molar-refractivity contribution >= 4 is 51.2 Å². The third-order valence-corrected chi connectivity index (χ3v) is 6.84. The molecule has 0 saturated carbocycles. The fourth-order valence-corrected chi connectivity index (χ4v) is 4.51. The zero-order chi connectivity index (χ0) is 22.9. The third-order valence-electron chi connectivity index (χ3n) is 5.88. The van der Waals surface area contributed by atoms with E-state index in [0.717, 1.165) is 59.5 Å². The van der Waals surface area contributed by atoms with Crippen LogP contribution in [0.4, 0.5) is 11.6 Å². The average molecular weight is 553 g/mol. The van der Waals surface area contributed by atoms with Crippen LogP contribution in [0.15, 0.2) is 55.1 Å². The number of nitrogens with one attached hydrogen (secondary N) is 1. The molecule has 3 aromatic heterocycles. The molecular formula is C24H24IN7O. The number of aryl methyl sites for hydroxylation is 2. The summed E-state index contributed by atoms with van der Waals surface area (Å²) in [5, 5.41) is 9.27. The van der Waals surface area contributed by atoms with Gasteiger partial charge in [0.25, 0.3) is 5.91 Å². The maximum atomic E-state index is 13.0. The maximum Gasteiger partial charge on any atom is 0.257 e. The first kappa shape index (κ1) is 21.8. The molecule has 0 bridgehead atoms. The fraction of sp³-hybridized carbons (Fsp3) is 0.250. The number of pyridine rings is 2. The lowest BCUT2D eigenvalue weighted by atomic mass is 9.99. The van der Waals surface area contributed by atoms with Crippen LogP contribution in [-0.4, -0.2) is 54.9 Å². The Hall–Kier alpha value is -3.05. The van der Waals surface area contributed by atoms with Gasteiger partial charge in [0.2, 0.25) is 0 Å². The van der Waals surface area contributed by atoms with Crippen LogP contribution in [0.25, 0.3) is 21.9 Å². The summed E-state index contributed by atoms with van der Waals surface area (Å²) in [4.78, 5) is 24.1. The van der Waals surface area contributed by atoms with Crippen LogP contribution in [0, 0.1) is 6.92 Å². The van der Waals surface area contributed by atoms with Crippen molar-refractivity contribution in [1.29, 1.82) is 0 Å². The number of hydrogen-bond acceptors (Lipinski definition) is 6. The number of carbonyl (C=O) groups is 1. The van der Waals surface area contributed by atoms with Crippen molar-refractivity contribution < 1.29 is 4.79 Å². The molecule has 1 saturated heterocycles. The quantitative estimate of drug-likeness (QED) is 0.304. The van der Waals surface area contributed by atoms with E-state index in [-0.39, 0.29) is 5.91 Å². The largest absolute Gasteiger partial charge is 0.354 e. The van der Waals surface area contributed by atoms with E-state index in [9.17, 15) is 4.79 Å². The molecule has 0 aliphatic carbocycles. The van der Waals surface area contributed by atoms with Crippen molar-refractivity contribution in [2.75, 3.05) is 36.4 Å². The number of piperazine rings is 1. The Morgan fingerprint density at radius 2 is 1.85 bits per heavy atom. The van der Waals surface area contributed by atoms with Crippen molar-refractivity contribution in [3.63, 3.8) is 0 Å². The number of halogens is 1. The molecule has 1 aromatic carbocycles. The molecule has 1 aliphatic heterocycles. The molecule has 168 valence electrons. The molecule has 4 aromatic rings. The first-order valence-electron chi connectivity index (χ1n) is 10.8. The molecule has 5 rings (SSSR count). The number of rotatable bonds is 4. The van der Waals surface area contributed by atoms with Crippen LogP contribution in [0.2, 0.25) is 0 Å². The monoisotopic (exact) mass is 553 g/mol. The van der Waals surface area contributed by atoms with Crippen LogP contribution in [0.1, 0.15) is 15.9 Å². The Balaban J connectivity index is 1.38. The van der Waals surface area contributed by atoms with Gasteiger partial charge in [0, 0.05) is 91.2 Å². The number of hydrogen-bond donors (Lipinski definition) is 1. The van der Waals surface area contributed by atoms with E-state index < -0.39 is 0 Å². The highest BCUT2D eigenvalue weighted by Crippen LogP contribution is 2.29. The number of fused-ring (bicyclic) bond motifs is 1. The van der Waals surface area contributed by atoms with Crippen LogP contribution >= 0.6 is 22.9 Å². The van der Waals surface area contributed by atoms with Gasteiger partial charge in [-0.05, 0) is 53.8 Å². The van der Waals surface area contributed by atoms with Gasteiger partial charge in [-0.15, -0.1) is 0 Å². The van der Waals surface area contributed by atoms with Crippen LogP contribution in [-0.2, 0) is 7.05 Å². The number of nitrogens with zero attached hydrogens (tertiary/aromatic N) is 6. The van der Waals surface area contributed by atoms with Gasteiger partial charge in [0.15, 0.2) is 0 Å². The minimum Gasteiger partial charge on any atom is -0.354 e. The maximum absolute atomic E-state index is 13.0. The first-order chi connectivity index (χ1) is 16.0. The molecule has 0 spiro atoms. The second-order valence-corrected chi connectivity index (χ2v) is 9.60. The molecule has 0 atom stereocenters. The number of amides is 1. The summed E-state index contributed by atoms with van der Waals surface area (Å²) in [5.74, 6) is 1.15. The summed E-state index contributed by atoms with van der Waals surface area (Å²) >= 11 is 2.34. The first-order valence-corrected chi connectivity index (χ1v) is 11.8. The van der Waals surface area contributed by atoms with E-state index in [1.165, 1.54) is 0 Å². The predicted octanol–water partition coefficient (Wildman–Crippen LogP) is 4.06. The van der Waals surface area contributed by atoms with Gasteiger partial charge in [-0.3, -0.25) is 9.48 Å². The van der Waals surface area contributed by atoms with Gasteiger partial charge in [-0.2, -0.15) is 5.10 Å². The molecule has 1 amide bonds. The lowest BCUT2D eigenvalue weighted by Crippen LogP contribution is -2.42. The topological polar surface area (TPSA) is 79.2 Å². The average Bonchev–Trinajstić information content (AvgIpc) is 3.25. The molecule has 8 nitrogen and oxygen atoms in total. The second kappa shape index (κ2) is 9.06. The van der Waals surface area contributed by atoms with Crippen molar-refractivity contribution in [1.82, 2.24) is 22.9 Å². The minimum atomic E-state index is -0.197. The van der Waals surface area contributed by atoms with Crippen molar-refractivity contribution in [2.45, 2.75) is 6.92 Å². The number of anilines is 2. The van der Waals surface area contributed by atoms with E-state index >= 15 is 0 Å². The van der Waals surface area contributed by atoms with Gasteiger partial charge < -0.3 is 10.2 Å². The summed E-state index contributed by atoms with van der Waals surface area (Å²) in [6.07, 6.45) is 7.35. The van der Waals surface area contributed by atoms with Crippen molar-refractivity contribution in [3.05, 3.63) is 66.2 Å². The fourth-order valence-electron chi connectivity index (χ4n) is 4.08. The van der Waals surface area contributed by atoms with Gasteiger partial charge >= 0.3 is 0 Å². The number of aromatic nitrogens is 4. The normalized spacial score (nSPS) is 14.6. The SMILES string of the molecule is Cc1cc2cnc(NC(=O)c3ccnc(N4CCN(I)CC4)c3)cc2cc1-c1cnn(C)c1. The lowest BCUT2D eigenvalue weighted by molar-refractivity contribution is 0.102. The smallest absolute Gasteiger partial charge is 0.257 e. The third kappa shape index (κ3) is 4.69. The Bertz CT molecular complexity index is 1330. The Morgan fingerprint density at radius 1 is 1.03 bits per heavy atom. The minimum absolute atomic E-state index is 0.197. The Morgan fingerprint density at radius 3 is 2.61 bits per heavy atom. The zero-order valence-corrected chi connectivity index (χ0v) is 20.7. The van der Waals surface area contributed by atoms with Crippen LogP contribution in [0.3, 0.4) is 0 Å². The molecule has 1 fully saturated rings. The molecule has 1 N–H and O–H groups in total. The van der Waals surface area contributed by atoms with E-state index in [1.54, 1.807) is 23.1 Å². The van der Waals surface area contributed by atoms with Gasteiger partial charge in [-0.1, -0.05) is 0 Å². The summed E-state index contributed by atoms with van der Waals surface area (Å²) in [6.45, 7) is 5.82. The standard InChI is InChI=1S/C24H24IN7O/c1-16-9-19-13-27-22(11-18(19)10-21(16)20-14-28-30(2)15-20)29-24(33)17-3-4-26-23(12-17)31-5-7-32(25)8-6-31/h3-4,9-15H,5-8H2,1-2H3,(H,27,29,33). The van der Waals surface area contributed by atoms with E-state index in [0.29, 0.717) is 11.4 Å². The number of benzene rings is 1. The molecule has 1 aliphatic rings. The Kier molecular flexibility index (Phi) is 5.98. The second-order valence-electron chi connectivity index (χ2n) is 8.24. The van der Waals surface area contributed by atoms with Gasteiger partial charge in [0.05, 0.1) is 6.20 Å². The van der Waals surface area contributed by atoms with Crippen molar-refractivity contribution in [2.24, 2.45) is 7.05 Å². The van der Waals surface area contributed by atoms with E-state index in [4.69, 9.17) is 0 Å². The molecular weight excluding hydrogens is 529 g/mol. The molecule has 0 radical (unpaired) electrons. The highest BCUT2D eigenvalue weighted by molar-refractivity contribution is 14.1. The highest BCUT2D eigenvalue weighted by atomic mass is 127. The molecule has 0 unspecified atom stereocenters. The van der Waals surface area contributed by atoms with Gasteiger partial charge in [-0.25, -0.2) is 13.1 Å². The summed E-state index contributed by atoms with van der Waals surface area (Å²) in [5.41, 5.74) is 3.90. The van der Waals surface area contributed by atoms with Crippen LogP contribution < -0.4 is 10.2 Å². The number of carbonyl (C=O) groups excluding carboxylic acids is 1. The Labute approximate surface area is 206 Å². The predicted molar refractivity (Wildman–Crippen MR) is 139 cm³/mol. The molecule has 33 heavy (non-hydrogen) atoms. The summed E-state index contributed by atoms with van der Waals surface area (Å²) in [6, 6.07) is 9.73.